The molecule has 0 saturated carbocycles. The lowest BCUT2D eigenvalue weighted by atomic mass is 10.1. The SMILES string of the molecule is O=C(OCC(=O)N1N=C(c2cccs2)CC1c1cccs1)c1ccccc1OC(F)F. The van der Waals surface area contributed by atoms with E-state index in [1.165, 1.54) is 51.9 Å². The van der Waals surface area contributed by atoms with Gasteiger partial charge in [-0.05, 0) is 35.0 Å². The quantitative estimate of drug-likeness (QED) is 0.466. The summed E-state index contributed by atoms with van der Waals surface area (Å²) in [6.45, 7) is -3.66. The van der Waals surface area contributed by atoms with Gasteiger partial charge in [0.05, 0.1) is 16.6 Å². The van der Waals surface area contributed by atoms with E-state index in [2.05, 4.69) is 9.84 Å². The monoisotopic (exact) mass is 462 g/mol. The van der Waals surface area contributed by atoms with Gasteiger partial charge in [-0.25, -0.2) is 9.80 Å². The van der Waals surface area contributed by atoms with Crippen LogP contribution in [0.15, 0.2) is 64.4 Å². The van der Waals surface area contributed by atoms with Gasteiger partial charge in [-0.15, -0.1) is 22.7 Å². The van der Waals surface area contributed by atoms with Gasteiger partial charge in [0.15, 0.2) is 6.61 Å². The van der Waals surface area contributed by atoms with E-state index in [1.54, 1.807) is 0 Å². The van der Waals surface area contributed by atoms with E-state index < -0.39 is 25.1 Å². The van der Waals surface area contributed by atoms with E-state index in [1.807, 2.05) is 35.0 Å². The summed E-state index contributed by atoms with van der Waals surface area (Å²) in [7, 11) is 0. The van der Waals surface area contributed by atoms with Gasteiger partial charge in [-0.1, -0.05) is 24.3 Å². The highest BCUT2D eigenvalue weighted by atomic mass is 32.1. The Balaban J connectivity index is 1.48. The molecule has 1 atom stereocenters. The summed E-state index contributed by atoms with van der Waals surface area (Å²) in [6, 6.07) is 12.8. The molecule has 0 saturated heterocycles. The van der Waals surface area contributed by atoms with Crippen LogP contribution in [0.25, 0.3) is 0 Å². The molecule has 0 fully saturated rings. The van der Waals surface area contributed by atoms with Crippen molar-refractivity contribution in [2.24, 2.45) is 5.10 Å². The molecule has 4 rings (SSSR count). The highest BCUT2D eigenvalue weighted by molar-refractivity contribution is 7.12. The van der Waals surface area contributed by atoms with Gasteiger partial charge in [0.1, 0.15) is 11.3 Å². The lowest BCUT2D eigenvalue weighted by Gasteiger charge is -2.20. The summed E-state index contributed by atoms with van der Waals surface area (Å²) in [5.74, 6) is -1.75. The Morgan fingerprint density at radius 3 is 2.58 bits per heavy atom. The average Bonchev–Trinajstić information content (AvgIpc) is 3.52. The summed E-state index contributed by atoms with van der Waals surface area (Å²) < 4.78 is 34.6. The average molecular weight is 462 g/mol. The second kappa shape index (κ2) is 9.36. The van der Waals surface area contributed by atoms with Crippen LogP contribution in [-0.2, 0) is 9.53 Å². The van der Waals surface area contributed by atoms with Crippen LogP contribution in [0.3, 0.4) is 0 Å². The van der Waals surface area contributed by atoms with E-state index in [-0.39, 0.29) is 17.4 Å². The molecule has 3 heterocycles. The molecule has 0 N–H and O–H groups in total. The molecule has 0 bridgehead atoms. The van der Waals surface area contributed by atoms with Crippen LogP contribution in [0, 0.1) is 0 Å². The topological polar surface area (TPSA) is 68.2 Å². The molecule has 3 aromatic rings. The number of carbonyl (C=O) groups excluding carboxylic acids is 2. The standard InChI is InChI=1S/C21H16F2N2O4S2/c22-21(23)29-16-6-2-1-5-13(16)20(27)28-12-19(26)25-15(18-8-4-10-31-18)11-14(24-25)17-7-3-9-30-17/h1-10,15,21H,11-12H2. The third-order valence-electron chi connectivity index (χ3n) is 4.49. The Morgan fingerprint density at radius 2 is 1.87 bits per heavy atom. The van der Waals surface area contributed by atoms with Crippen molar-refractivity contribution in [3.8, 4) is 5.75 Å². The maximum absolute atomic E-state index is 12.9. The molecule has 1 unspecified atom stereocenters. The van der Waals surface area contributed by atoms with E-state index in [4.69, 9.17) is 4.74 Å². The van der Waals surface area contributed by atoms with Crippen LogP contribution in [0.1, 0.15) is 32.6 Å². The van der Waals surface area contributed by atoms with Gasteiger partial charge in [0, 0.05) is 11.3 Å². The van der Waals surface area contributed by atoms with Crippen molar-refractivity contribution in [1.82, 2.24) is 5.01 Å². The number of esters is 1. The van der Waals surface area contributed by atoms with Crippen molar-refractivity contribution in [3.63, 3.8) is 0 Å². The maximum atomic E-state index is 12.9. The molecule has 31 heavy (non-hydrogen) atoms. The molecule has 10 heteroatoms. The van der Waals surface area contributed by atoms with Crippen molar-refractivity contribution < 1.29 is 27.8 Å². The molecule has 1 amide bonds. The fourth-order valence-corrected chi connectivity index (χ4v) is 4.67. The first kappa shape index (κ1) is 21.1. The number of hydrogen-bond donors (Lipinski definition) is 0. The van der Waals surface area contributed by atoms with Crippen molar-refractivity contribution in [1.29, 1.82) is 0 Å². The molecule has 2 aromatic heterocycles. The minimum atomic E-state index is -3.09. The minimum absolute atomic E-state index is 0.186. The highest BCUT2D eigenvalue weighted by Crippen LogP contribution is 2.36. The highest BCUT2D eigenvalue weighted by Gasteiger charge is 2.34. The zero-order valence-electron chi connectivity index (χ0n) is 15.9. The number of carbonyl (C=O) groups is 2. The number of para-hydroxylation sites is 1. The minimum Gasteiger partial charge on any atom is -0.452 e. The largest absolute Gasteiger partial charge is 0.452 e. The normalized spacial score (nSPS) is 15.8. The van der Waals surface area contributed by atoms with Gasteiger partial charge in [-0.3, -0.25) is 4.79 Å². The first-order valence-corrected chi connectivity index (χ1v) is 11.0. The molecule has 1 aliphatic heterocycles. The number of hydrogen-bond acceptors (Lipinski definition) is 7. The Hall–Kier alpha value is -3.11. The maximum Gasteiger partial charge on any atom is 0.387 e. The fourth-order valence-electron chi connectivity index (χ4n) is 3.14. The molecular formula is C21H16F2N2O4S2. The van der Waals surface area contributed by atoms with Crippen LogP contribution in [0.5, 0.6) is 5.75 Å². The number of nitrogens with zero attached hydrogens (tertiary/aromatic N) is 2. The first-order chi connectivity index (χ1) is 15.0. The summed E-state index contributed by atoms with van der Waals surface area (Å²) in [5, 5.41) is 9.66. The molecule has 1 aromatic carbocycles. The predicted octanol–water partition coefficient (Wildman–Crippen LogP) is 4.95. The predicted molar refractivity (Wildman–Crippen MR) is 113 cm³/mol. The van der Waals surface area contributed by atoms with Gasteiger partial charge in [0.25, 0.3) is 5.91 Å². The Morgan fingerprint density at radius 1 is 1.10 bits per heavy atom. The number of amides is 1. The summed E-state index contributed by atoms with van der Waals surface area (Å²) in [5.41, 5.74) is 0.596. The smallest absolute Gasteiger partial charge is 0.387 e. The van der Waals surface area contributed by atoms with E-state index in [9.17, 15) is 18.4 Å². The van der Waals surface area contributed by atoms with Crippen LogP contribution in [0.2, 0.25) is 0 Å². The summed E-state index contributed by atoms with van der Waals surface area (Å²) in [6.07, 6.45) is 0.547. The second-order valence-electron chi connectivity index (χ2n) is 6.45. The zero-order chi connectivity index (χ0) is 21.8. The molecule has 1 aliphatic rings. The van der Waals surface area contributed by atoms with Crippen LogP contribution in [-0.4, -0.2) is 35.8 Å². The van der Waals surface area contributed by atoms with Crippen LogP contribution >= 0.6 is 22.7 Å². The zero-order valence-corrected chi connectivity index (χ0v) is 17.6. The van der Waals surface area contributed by atoms with E-state index >= 15 is 0 Å². The molecule has 0 radical (unpaired) electrons. The number of ether oxygens (including phenoxy) is 2. The Kier molecular flexibility index (Phi) is 6.38. The van der Waals surface area contributed by atoms with Crippen LogP contribution in [0.4, 0.5) is 8.78 Å². The number of benzene rings is 1. The third-order valence-corrected chi connectivity index (χ3v) is 6.39. The molecule has 0 aliphatic carbocycles. The number of thiophene rings is 2. The van der Waals surface area contributed by atoms with E-state index in [0.29, 0.717) is 6.42 Å². The Labute approximate surface area is 184 Å². The van der Waals surface area contributed by atoms with Gasteiger partial charge >= 0.3 is 12.6 Å². The Bertz CT molecular complexity index is 1080. The summed E-state index contributed by atoms with van der Waals surface area (Å²) in [4.78, 5) is 27.2. The van der Waals surface area contributed by atoms with E-state index in [0.717, 1.165) is 15.5 Å². The van der Waals surface area contributed by atoms with Gasteiger partial charge < -0.3 is 9.47 Å². The van der Waals surface area contributed by atoms with Crippen LogP contribution < -0.4 is 4.74 Å². The fraction of sp³-hybridized carbons (Fsp3) is 0.190. The molecule has 160 valence electrons. The number of hydrazone groups is 1. The van der Waals surface area contributed by atoms with Crippen molar-refractivity contribution >= 4 is 40.3 Å². The molecule has 0 spiro atoms. The van der Waals surface area contributed by atoms with Crippen molar-refractivity contribution in [2.45, 2.75) is 19.1 Å². The van der Waals surface area contributed by atoms with Crippen molar-refractivity contribution in [2.75, 3.05) is 6.61 Å². The van der Waals surface area contributed by atoms with Gasteiger partial charge in [0.2, 0.25) is 0 Å². The third kappa shape index (κ3) is 4.80. The van der Waals surface area contributed by atoms with Gasteiger partial charge in [-0.2, -0.15) is 13.9 Å². The summed E-state index contributed by atoms with van der Waals surface area (Å²) >= 11 is 3.04. The second-order valence-corrected chi connectivity index (χ2v) is 8.38. The first-order valence-electron chi connectivity index (χ1n) is 9.20. The number of halogens is 2. The molecular weight excluding hydrogens is 446 g/mol. The number of alkyl halides is 2. The lowest BCUT2D eigenvalue weighted by Crippen LogP contribution is -2.31. The molecule has 6 nitrogen and oxygen atoms in total. The van der Waals surface area contributed by atoms with Crippen molar-refractivity contribution in [3.05, 3.63) is 74.6 Å². The number of rotatable bonds is 7. The lowest BCUT2D eigenvalue weighted by molar-refractivity contribution is -0.136.